The lowest BCUT2D eigenvalue weighted by atomic mass is 10.0. The van der Waals surface area contributed by atoms with E-state index < -0.39 is 0 Å². The van der Waals surface area contributed by atoms with E-state index in [0.717, 1.165) is 43.6 Å². The van der Waals surface area contributed by atoms with Crippen LogP contribution in [0.25, 0.3) is 55.4 Å². The second-order valence-electron chi connectivity index (χ2n) is 8.06. The molecular formula is C30H19BrN2. The Bertz CT molecular complexity index is 1610. The van der Waals surface area contributed by atoms with Crippen LogP contribution >= 0.6 is 15.9 Å². The summed E-state index contributed by atoms with van der Waals surface area (Å²) < 4.78 is 1.05. The van der Waals surface area contributed by atoms with E-state index in [-0.39, 0.29) is 0 Å². The lowest BCUT2D eigenvalue weighted by molar-refractivity contribution is 1.23. The van der Waals surface area contributed by atoms with Gasteiger partial charge in [-0.15, -0.1) is 0 Å². The summed E-state index contributed by atoms with van der Waals surface area (Å²) in [7, 11) is 0. The molecule has 3 heteroatoms. The molecule has 0 radical (unpaired) electrons. The lowest BCUT2D eigenvalue weighted by Gasteiger charge is -2.12. The van der Waals surface area contributed by atoms with E-state index in [4.69, 9.17) is 9.97 Å². The molecular weight excluding hydrogens is 468 g/mol. The largest absolute Gasteiger partial charge is 0.228 e. The maximum absolute atomic E-state index is 5.05. The van der Waals surface area contributed by atoms with Crippen molar-refractivity contribution in [2.75, 3.05) is 0 Å². The van der Waals surface area contributed by atoms with Gasteiger partial charge in [0.2, 0.25) is 0 Å². The van der Waals surface area contributed by atoms with Crippen molar-refractivity contribution in [3.63, 3.8) is 0 Å². The molecule has 0 saturated heterocycles. The number of rotatable bonds is 3. The first kappa shape index (κ1) is 19.8. The Morgan fingerprint density at radius 1 is 0.485 bits per heavy atom. The number of hydrogen-bond donors (Lipinski definition) is 0. The molecule has 0 saturated carbocycles. The molecule has 0 aliphatic rings. The number of benzene rings is 5. The standard InChI is InChI=1S/C30H19BrN2/c31-26-15-12-22(13-16-26)29-27-17-14-24(20-6-2-1-3-7-20)19-28(27)32-30(33-29)25-11-10-21-8-4-5-9-23(21)18-25/h1-19H. The van der Waals surface area contributed by atoms with Crippen LogP contribution in [-0.4, -0.2) is 9.97 Å². The molecule has 0 bridgehead atoms. The summed E-state index contributed by atoms with van der Waals surface area (Å²) in [6, 6.07) is 40.0. The second kappa shape index (κ2) is 8.27. The molecule has 2 nitrogen and oxygen atoms in total. The van der Waals surface area contributed by atoms with Gasteiger partial charge in [0.1, 0.15) is 0 Å². The van der Waals surface area contributed by atoms with Crippen molar-refractivity contribution in [3.8, 4) is 33.8 Å². The Labute approximate surface area is 200 Å². The van der Waals surface area contributed by atoms with Gasteiger partial charge in [-0.25, -0.2) is 9.97 Å². The minimum Gasteiger partial charge on any atom is -0.228 e. The Kier molecular flexibility index (Phi) is 4.97. The van der Waals surface area contributed by atoms with E-state index in [1.807, 2.05) is 6.07 Å². The maximum atomic E-state index is 5.05. The van der Waals surface area contributed by atoms with Crippen LogP contribution in [0.1, 0.15) is 0 Å². The summed E-state index contributed by atoms with van der Waals surface area (Å²) in [5, 5.41) is 3.44. The fourth-order valence-electron chi connectivity index (χ4n) is 4.23. The van der Waals surface area contributed by atoms with Crippen LogP contribution in [0, 0.1) is 0 Å². The smallest absolute Gasteiger partial charge is 0.160 e. The van der Waals surface area contributed by atoms with Crippen molar-refractivity contribution in [2.24, 2.45) is 0 Å². The molecule has 0 N–H and O–H groups in total. The third kappa shape index (κ3) is 3.81. The van der Waals surface area contributed by atoms with Crippen molar-refractivity contribution in [3.05, 3.63) is 120 Å². The van der Waals surface area contributed by atoms with Gasteiger partial charge in [0, 0.05) is 21.0 Å². The van der Waals surface area contributed by atoms with Gasteiger partial charge >= 0.3 is 0 Å². The number of aromatic nitrogens is 2. The van der Waals surface area contributed by atoms with Gasteiger partial charge in [-0.05, 0) is 52.2 Å². The predicted molar refractivity (Wildman–Crippen MR) is 141 cm³/mol. The maximum Gasteiger partial charge on any atom is 0.160 e. The molecule has 6 rings (SSSR count). The van der Waals surface area contributed by atoms with Crippen molar-refractivity contribution in [1.29, 1.82) is 0 Å². The summed E-state index contributed by atoms with van der Waals surface area (Å²) in [6.45, 7) is 0. The normalized spacial score (nSPS) is 11.2. The topological polar surface area (TPSA) is 25.8 Å². The van der Waals surface area contributed by atoms with Crippen LogP contribution in [0.3, 0.4) is 0 Å². The van der Waals surface area contributed by atoms with Crippen LogP contribution in [0.2, 0.25) is 0 Å². The zero-order chi connectivity index (χ0) is 22.2. The van der Waals surface area contributed by atoms with Crippen molar-refractivity contribution >= 4 is 37.6 Å². The van der Waals surface area contributed by atoms with Gasteiger partial charge in [0.15, 0.2) is 5.82 Å². The monoisotopic (exact) mass is 486 g/mol. The quantitative estimate of drug-likeness (QED) is 0.250. The molecule has 0 aliphatic heterocycles. The number of halogens is 1. The molecule has 5 aromatic carbocycles. The molecule has 1 heterocycles. The van der Waals surface area contributed by atoms with E-state index in [1.54, 1.807) is 0 Å². The van der Waals surface area contributed by atoms with Gasteiger partial charge in [0.25, 0.3) is 0 Å². The first-order valence-corrected chi connectivity index (χ1v) is 11.7. The van der Waals surface area contributed by atoms with Gasteiger partial charge in [0.05, 0.1) is 11.2 Å². The minimum atomic E-state index is 0.733. The van der Waals surface area contributed by atoms with Crippen LogP contribution in [0.15, 0.2) is 120 Å². The first-order valence-electron chi connectivity index (χ1n) is 10.9. The van der Waals surface area contributed by atoms with Gasteiger partial charge in [-0.1, -0.05) is 101 Å². The first-order chi connectivity index (χ1) is 16.2. The SMILES string of the molecule is Brc1ccc(-c2nc(-c3ccc4ccccc4c3)nc3cc(-c4ccccc4)ccc23)cc1. The van der Waals surface area contributed by atoms with Crippen LogP contribution in [0.4, 0.5) is 0 Å². The molecule has 0 amide bonds. The molecule has 156 valence electrons. The molecule has 6 aromatic rings. The molecule has 0 unspecified atom stereocenters. The number of nitrogens with zero attached hydrogens (tertiary/aromatic N) is 2. The zero-order valence-corrected chi connectivity index (χ0v) is 19.3. The highest BCUT2D eigenvalue weighted by Gasteiger charge is 2.13. The van der Waals surface area contributed by atoms with Crippen molar-refractivity contribution in [2.45, 2.75) is 0 Å². The van der Waals surface area contributed by atoms with E-state index >= 15 is 0 Å². The number of fused-ring (bicyclic) bond motifs is 2. The highest BCUT2D eigenvalue weighted by Crippen LogP contribution is 2.33. The zero-order valence-electron chi connectivity index (χ0n) is 17.7. The Balaban J connectivity index is 1.60. The fraction of sp³-hybridized carbons (Fsp3) is 0. The summed E-state index contributed by atoms with van der Waals surface area (Å²) in [6.07, 6.45) is 0. The average Bonchev–Trinajstić information content (AvgIpc) is 2.88. The van der Waals surface area contributed by atoms with E-state index in [1.165, 1.54) is 16.3 Å². The van der Waals surface area contributed by atoms with Crippen LogP contribution < -0.4 is 0 Å². The highest BCUT2D eigenvalue weighted by atomic mass is 79.9. The van der Waals surface area contributed by atoms with Crippen LogP contribution in [-0.2, 0) is 0 Å². The summed E-state index contributed by atoms with van der Waals surface area (Å²) >= 11 is 3.54. The molecule has 33 heavy (non-hydrogen) atoms. The molecule has 0 aliphatic carbocycles. The average molecular weight is 487 g/mol. The van der Waals surface area contributed by atoms with Gasteiger partial charge in [-0.2, -0.15) is 0 Å². The number of hydrogen-bond acceptors (Lipinski definition) is 2. The Morgan fingerprint density at radius 2 is 1.18 bits per heavy atom. The van der Waals surface area contributed by atoms with Crippen molar-refractivity contribution in [1.82, 2.24) is 9.97 Å². The van der Waals surface area contributed by atoms with E-state index in [0.29, 0.717) is 0 Å². The van der Waals surface area contributed by atoms with Crippen LogP contribution in [0.5, 0.6) is 0 Å². The molecule has 0 fully saturated rings. The summed E-state index contributed by atoms with van der Waals surface area (Å²) in [5.74, 6) is 0.733. The predicted octanol–water partition coefficient (Wildman–Crippen LogP) is 8.55. The fourth-order valence-corrected chi connectivity index (χ4v) is 4.49. The van der Waals surface area contributed by atoms with E-state index in [2.05, 4.69) is 125 Å². The van der Waals surface area contributed by atoms with Crippen molar-refractivity contribution < 1.29 is 0 Å². The Hall–Kier alpha value is -3.82. The van der Waals surface area contributed by atoms with E-state index in [9.17, 15) is 0 Å². The molecule has 0 spiro atoms. The van der Waals surface area contributed by atoms with Gasteiger partial charge in [-0.3, -0.25) is 0 Å². The highest BCUT2D eigenvalue weighted by molar-refractivity contribution is 9.10. The third-order valence-corrected chi connectivity index (χ3v) is 6.46. The van der Waals surface area contributed by atoms with Gasteiger partial charge < -0.3 is 0 Å². The Morgan fingerprint density at radius 3 is 2.00 bits per heavy atom. The third-order valence-electron chi connectivity index (χ3n) is 5.93. The molecule has 0 atom stereocenters. The second-order valence-corrected chi connectivity index (χ2v) is 8.98. The summed E-state index contributed by atoms with van der Waals surface area (Å²) in [4.78, 5) is 10.1. The minimum absolute atomic E-state index is 0.733. The lowest BCUT2D eigenvalue weighted by Crippen LogP contribution is -1.96. The molecule has 1 aromatic heterocycles. The summed E-state index contributed by atoms with van der Waals surface area (Å²) in [5.41, 5.74) is 6.28.